The van der Waals surface area contributed by atoms with E-state index in [9.17, 15) is 0 Å². The van der Waals surface area contributed by atoms with Crippen LogP contribution in [0.15, 0.2) is 22.0 Å². The zero-order valence-corrected chi connectivity index (χ0v) is 12.6. The van der Waals surface area contributed by atoms with E-state index in [1.807, 2.05) is 0 Å². The summed E-state index contributed by atoms with van der Waals surface area (Å²) < 4.78 is 6.89. The molecular formula is C13H16BrN5O. The van der Waals surface area contributed by atoms with Crippen molar-refractivity contribution in [1.29, 1.82) is 0 Å². The zero-order chi connectivity index (χ0) is 13.6. The molecule has 1 aromatic heterocycles. The molecule has 4 aliphatic rings. The second-order valence-electron chi connectivity index (χ2n) is 5.69. The van der Waals surface area contributed by atoms with E-state index in [2.05, 4.69) is 41.1 Å². The van der Waals surface area contributed by atoms with Gasteiger partial charge in [0.25, 0.3) is 6.02 Å². The lowest BCUT2D eigenvalue weighted by Crippen LogP contribution is -2.61. The molecule has 5 rings (SSSR count). The molecule has 6 nitrogen and oxygen atoms in total. The number of halogens is 1. The Balaban J connectivity index is 1.46. The van der Waals surface area contributed by atoms with Crippen LogP contribution in [0.1, 0.15) is 12.8 Å². The lowest BCUT2D eigenvalue weighted by atomic mass is 9.75. The highest BCUT2D eigenvalue weighted by molar-refractivity contribution is 9.10. The number of aromatic nitrogens is 2. The van der Waals surface area contributed by atoms with Gasteiger partial charge in [-0.05, 0) is 41.9 Å². The lowest BCUT2D eigenvalue weighted by molar-refractivity contribution is -0.0829. The van der Waals surface area contributed by atoms with Crippen LogP contribution < -0.4 is 5.32 Å². The van der Waals surface area contributed by atoms with Crippen molar-refractivity contribution >= 4 is 27.8 Å². The molecular weight excluding hydrogens is 322 g/mol. The number of aliphatic imine (C=N–C) groups is 1. The first-order chi connectivity index (χ1) is 9.73. The summed E-state index contributed by atoms with van der Waals surface area (Å²) >= 11 is 3.27. The Bertz CT molecular complexity index is 540. The van der Waals surface area contributed by atoms with E-state index < -0.39 is 0 Å². The quantitative estimate of drug-likeness (QED) is 0.841. The number of fused-ring (bicyclic) bond motifs is 2. The van der Waals surface area contributed by atoms with E-state index >= 15 is 0 Å². The first kappa shape index (κ1) is 12.5. The normalized spacial score (nSPS) is 35.0. The number of nitrogens with zero attached hydrogens (tertiary/aromatic N) is 4. The second-order valence-corrected chi connectivity index (χ2v) is 6.50. The topological polar surface area (TPSA) is 62.6 Å². The molecule has 5 heterocycles. The summed E-state index contributed by atoms with van der Waals surface area (Å²) in [4.78, 5) is 15.4. The summed E-state index contributed by atoms with van der Waals surface area (Å²) in [5.74, 6) is 1.29. The molecule has 0 amide bonds. The van der Waals surface area contributed by atoms with E-state index in [1.54, 1.807) is 12.4 Å². The average Bonchev–Trinajstić information content (AvgIpc) is 2.85. The van der Waals surface area contributed by atoms with Crippen LogP contribution in [0.3, 0.4) is 0 Å². The van der Waals surface area contributed by atoms with E-state index in [-0.39, 0.29) is 5.60 Å². The average molecular weight is 338 g/mol. The van der Waals surface area contributed by atoms with Crippen molar-refractivity contribution < 1.29 is 4.74 Å². The molecule has 106 valence electrons. The van der Waals surface area contributed by atoms with Gasteiger partial charge in [0.2, 0.25) is 0 Å². The molecule has 3 fully saturated rings. The molecule has 1 spiro atoms. The number of ether oxygens (including phenoxy) is 1. The standard InChI is InChI=1S/C13H16BrN5O/c14-10-5-16-11(6-15-10)18-12-17-7-13(20-12)8-19-3-1-9(13)2-4-19/h5-6,9H,1-4,7-8H2,(H,16,17,18). The van der Waals surface area contributed by atoms with Gasteiger partial charge in [-0.25, -0.2) is 15.0 Å². The molecule has 2 bridgehead atoms. The first-order valence-electron chi connectivity index (χ1n) is 6.94. The summed E-state index contributed by atoms with van der Waals surface area (Å²) in [6.07, 6.45) is 5.77. The summed E-state index contributed by atoms with van der Waals surface area (Å²) in [6.45, 7) is 4.16. The predicted molar refractivity (Wildman–Crippen MR) is 78.6 cm³/mol. The summed E-state index contributed by atoms with van der Waals surface area (Å²) in [5.41, 5.74) is -0.109. The molecule has 1 N–H and O–H groups in total. The largest absolute Gasteiger partial charge is 0.455 e. The van der Waals surface area contributed by atoms with Crippen molar-refractivity contribution in [2.75, 3.05) is 31.5 Å². The smallest absolute Gasteiger partial charge is 0.291 e. The fourth-order valence-electron chi connectivity index (χ4n) is 3.43. The van der Waals surface area contributed by atoms with Gasteiger partial charge >= 0.3 is 0 Å². The van der Waals surface area contributed by atoms with Crippen molar-refractivity contribution in [3.8, 4) is 0 Å². The van der Waals surface area contributed by atoms with Crippen LogP contribution in [-0.4, -0.2) is 52.7 Å². The third kappa shape index (κ3) is 2.09. The number of amidine groups is 1. The van der Waals surface area contributed by atoms with E-state index in [1.165, 1.54) is 25.9 Å². The highest BCUT2D eigenvalue weighted by atomic mass is 79.9. The Morgan fingerprint density at radius 2 is 2.15 bits per heavy atom. The molecule has 1 atom stereocenters. The Morgan fingerprint density at radius 3 is 2.80 bits per heavy atom. The lowest BCUT2D eigenvalue weighted by Gasteiger charge is -2.50. The van der Waals surface area contributed by atoms with E-state index in [4.69, 9.17) is 4.74 Å². The van der Waals surface area contributed by atoms with Crippen molar-refractivity contribution in [3.05, 3.63) is 17.0 Å². The third-order valence-electron chi connectivity index (χ3n) is 4.47. The Hall–Kier alpha value is -1.21. The van der Waals surface area contributed by atoms with E-state index in [0.29, 0.717) is 22.4 Å². The molecule has 1 aromatic rings. The maximum absolute atomic E-state index is 6.18. The Morgan fingerprint density at radius 1 is 1.30 bits per heavy atom. The third-order valence-corrected chi connectivity index (χ3v) is 4.88. The molecule has 4 aliphatic heterocycles. The van der Waals surface area contributed by atoms with E-state index in [0.717, 1.165) is 13.1 Å². The fourth-order valence-corrected chi connectivity index (χ4v) is 3.64. The van der Waals surface area contributed by atoms with Gasteiger partial charge in [-0.3, -0.25) is 10.2 Å². The SMILES string of the molecule is Brc1cnc(NC2=NCC3(CN4CCC3CC4)O2)cn1. The van der Waals surface area contributed by atoms with Crippen LogP contribution in [0.5, 0.6) is 0 Å². The molecule has 0 radical (unpaired) electrons. The van der Waals surface area contributed by atoms with Gasteiger partial charge in [-0.15, -0.1) is 0 Å². The first-order valence-corrected chi connectivity index (χ1v) is 7.73. The van der Waals surface area contributed by atoms with Crippen molar-refractivity contribution in [3.63, 3.8) is 0 Å². The van der Waals surface area contributed by atoms with Gasteiger partial charge in [0.15, 0.2) is 5.82 Å². The predicted octanol–water partition coefficient (Wildman–Crippen LogP) is 1.50. The van der Waals surface area contributed by atoms with Gasteiger partial charge in [0.1, 0.15) is 10.2 Å². The molecule has 0 aliphatic carbocycles. The summed E-state index contributed by atoms with van der Waals surface area (Å²) in [6, 6.07) is 0.579. The maximum atomic E-state index is 6.18. The van der Waals surface area contributed by atoms with Crippen LogP contribution >= 0.6 is 15.9 Å². The van der Waals surface area contributed by atoms with Gasteiger partial charge in [-0.1, -0.05) is 0 Å². The fraction of sp³-hybridized carbons (Fsp3) is 0.615. The number of piperidine rings is 3. The van der Waals surface area contributed by atoms with Gasteiger partial charge < -0.3 is 4.74 Å². The summed E-state index contributed by atoms with van der Waals surface area (Å²) in [7, 11) is 0. The number of hydrogen-bond acceptors (Lipinski definition) is 6. The van der Waals surface area contributed by atoms with Gasteiger partial charge in [0.05, 0.1) is 18.9 Å². The van der Waals surface area contributed by atoms with Crippen LogP contribution in [0.25, 0.3) is 0 Å². The number of hydrogen-bond donors (Lipinski definition) is 1. The molecule has 7 heteroatoms. The van der Waals surface area contributed by atoms with Crippen LogP contribution in [0, 0.1) is 5.92 Å². The maximum Gasteiger partial charge on any atom is 0.291 e. The summed E-state index contributed by atoms with van der Waals surface area (Å²) in [5, 5.41) is 3.11. The number of nitrogens with one attached hydrogen (secondary N) is 1. The number of rotatable bonds is 1. The van der Waals surface area contributed by atoms with Crippen LogP contribution in [0.4, 0.5) is 5.82 Å². The van der Waals surface area contributed by atoms with Crippen LogP contribution in [0.2, 0.25) is 0 Å². The Labute approximate surface area is 125 Å². The molecule has 0 saturated carbocycles. The van der Waals surface area contributed by atoms with Gasteiger partial charge in [-0.2, -0.15) is 0 Å². The monoisotopic (exact) mass is 337 g/mol. The van der Waals surface area contributed by atoms with Crippen LogP contribution in [-0.2, 0) is 4.74 Å². The second kappa shape index (κ2) is 4.66. The molecule has 3 saturated heterocycles. The minimum Gasteiger partial charge on any atom is -0.455 e. The highest BCUT2D eigenvalue weighted by Crippen LogP contribution is 2.40. The molecule has 1 unspecified atom stereocenters. The number of anilines is 1. The molecule has 0 aromatic carbocycles. The van der Waals surface area contributed by atoms with Crippen molar-refractivity contribution in [2.24, 2.45) is 10.9 Å². The van der Waals surface area contributed by atoms with Crippen molar-refractivity contribution in [1.82, 2.24) is 14.9 Å². The highest BCUT2D eigenvalue weighted by Gasteiger charge is 2.51. The molecule has 20 heavy (non-hydrogen) atoms. The minimum atomic E-state index is -0.109. The van der Waals surface area contributed by atoms with Crippen molar-refractivity contribution in [2.45, 2.75) is 18.4 Å². The minimum absolute atomic E-state index is 0.109. The Kier molecular flexibility index (Phi) is 2.92. The zero-order valence-electron chi connectivity index (χ0n) is 11.0. The van der Waals surface area contributed by atoms with Gasteiger partial charge in [0, 0.05) is 12.5 Å².